The van der Waals surface area contributed by atoms with Crippen LogP contribution < -0.4 is 5.32 Å². The summed E-state index contributed by atoms with van der Waals surface area (Å²) in [6, 6.07) is 10.3. The molecule has 0 spiro atoms. The molecule has 0 unspecified atom stereocenters. The predicted molar refractivity (Wildman–Crippen MR) is 78.6 cm³/mol. The third-order valence-corrected chi connectivity index (χ3v) is 3.16. The lowest BCUT2D eigenvalue weighted by molar-refractivity contribution is 0.158. The van der Waals surface area contributed by atoms with Gasteiger partial charge in [-0.25, -0.2) is 4.98 Å². The molecule has 2 aromatic heterocycles. The molecule has 3 rings (SSSR count). The highest BCUT2D eigenvalue weighted by atomic mass is 16.5. The monoisotopic (exact) mass is 255 g/mol. The highest BCUT2D eigenvalue weighted by molar-refractivity contribution is 6.12. The van der Waals surface area contributed by atoms with Crippen molar-refractivity contribution in [1.82, 2.24) is 9.97 Å². The SMILES string of the molecule is CCOCCNc1nccc2[nH]c3ccccc3c12. The fourth-order valence-electron chi connectivity index (χ4n) is 2.31. The summed E-state index contributed by atoms with van der Waals surface area (Å²) >= 11 is 0. The van der Waals surface area contributed by atoms with Crippen LogP contribution in [0.25, 0.3) is 21.8 Å². The van der Waals surface area contributed by atoms with Gasteiger partial charge < -0.3 is 15.0 Å². The molecular formula is C15H17N3O. The Balaban J connectivity index is 1.99. The molecule has 0 saturated carbocycles. The molecule has 0 aliphatic heterocycles. The van der Waals surface area contributed by atoms with E-state index in [1.54, 1.807) is 0 Å². The van der Waals surface area contributed by atoms with E-state index >= 15 is 0 Å². The molecule has 2 heterocycles. The van der Waals surface area contributed by atoms with Crippen molar-refractivity contribution in [3.05, 3.63) is 36.5 Å². The molecule has 0 bridgehead atoms. The summed E-state index contributed by atoms with van der Waals surface area (Å²) in [4.78, 5) is 7.85. The summed E-state index contributed by atoms with van der Waals surface area (Å²) in [7, 11) is 0. The van der Waals surface area contributed by atoms with E-state index < -0.39 is 0 Å². The van der Waals surface area contributed by atoms with Crippen LogP contribution in [0.1, 0.15) is 6.92 Å². The molecule has 0 fully saturated rings. The molecule has 0 atom stereocenters. The van der Waals surface area contributed by atoms with Crippen molar-refractivity contribution in [3.63, 3.8) is 0 Å². The normalized spacial score (nSPS) is 11.2. The van der Waals surface area contributed by atoms with Crippen molar-refractivity contribution in [2.45, 2.75) is 6.92 Å². The Kier molecular flexibility index (Phi) is 3.33. The highest BCUT2D eigenvalue weighted by Crippen LogP contribution is 2.29. The Hall–Kier alpha value is -2.07. The summed E-state index contributed by atoms with van der Waals surface area (Å²) < 4.78 is 5.34. The number of hydrogen-bond acceptors (Lipinski definition) is 3. The Morgan fingerprint density at radius 1 is 1.21 bits per heavy atom. The van der Waals surface area contributed by atoms with E-state index in [0.717, 1.165) is 35.4 Å². The Morgan fingerprint density at radius 2 is 2.11 bits per heavy atom. The maximum absolute atomic E-state index is 5.34. The number of pyridine rings is 1. The first-order chi connectivity index (χ1) is 9.40. The van der Waals surface area contributed by atoms with Gasteiger partial charge >= 0.3 is 0 Å². The molecular weight excluding hydrogens is 238 g/mol. The van der Waals surface area contributed by atoms with Crippen molar-refractivity contribution in [2.24, 2.45) is 0 Å². The zero-order valence-corrected chi connectivity index (χ0v) is 10.9. The van der Waals surface area contributed by atoms with Gasteiger partial charge in [-0.1, -0.05) is 18.2 Å². The van der Waals surface area contributed by atoms with Crippen LogP contribution in [0.4, 0.5) is 5.82 Å². The second kappa shape index (κ2) is 5.28. The second-order valence-corrected chi connectivity index (χ2v) is 4.38. The van der Waals surface area contributed by atoms with Gasteiger partial charge in [-0.05, 0) is 19.1 Å². The van der Waals surface area contributed by atoms with Gasteiger partial charge in [-0.2, -0.15) is 0 Å². The lowest BCUT2D eigenvalue weighted by atomic mass is 10.2. The quantitative estimate of drug-likeness (QED) is 0.688. The Bertz CT molecular complexity index is 690. The van der Waals surface area contributed by atoms with E-state index in [2.05, 4.69) is 27.4 Å². The molecule has 0 amide bonds. The molecule has 2 N–H and O–H groups in total. The number of para-hydroxylation sites is 1. The fourth-order valence-corrected chi connectivity index (χ4v) is 2.31. The minimum absolute atomic E-state index is 0.691. The molecule has 0 radical (unpaired) electrons. The van der Waals surface area contributed by atoms with Crippen molar-refractivity contribution >= 4 is 27.6 Å². The molecule has 98 valence electrons. The van der Waals surface area contributed by atoms with Crippen LogP contribution in [0.5, 0.6) is 0 Å². The number of nitrogens with one attached hydrogen (secondary N) is 2. The number of nitrogens with zero attached hydrogens (tertiary/aromatic N) is 1. The number of aromatic nitrogens is 2. The fraction of sp³-hybridized carbons (Fsp3) is 0.267. The van der Waals surface area contributed by atoms with Crippen LogP contribution in [-0.2, 0) is 4.74 Å². The number of benzene rings is 1. The smallest absolute Gasteiger partial charge is 0.136 e. The number of hydrogen-bond donors (Lipinski definition) is 2. The topological polar surface area (TPSA) is 49.9 Å². The molecule has 0 aliphatic rings. The maximum atomic E-state index is 5.34. The first-order valence-corrected chi connectivity index (χ1v) is 6.57. The third kappa shape index (κ3) is 2.27. The molecule has 0 aliphatic carbocycles. The van der Waals surface area contributed by atoms with E-state index in [1.165, 1.54) is 5.39 Å². The molecule has 4 heteroatoms. The van der Waals surface area contributed by atoms with Crippen LogP contribution >= 0.6 is 0 Å². The van der Waals surface area contributed by atoms with Crippen molar-refractivity contribution in [2.75, 3.05) is 25.1 Å². The Morgan fingerprint density at radius 3 is 3.00 bits per heavy atom. The minimum Gasteiger partial charge on any atom is -0.380 e. The first kappa shape index (κ1) is 12.0. The van der Waals surface area contributed by atoms with E-state index in [9.17, 15) is 0 Å². The van der Waals surface area contributed by atoms with Crippen molar-refractivity contribution < 1.29 is 4.74 Å². The van der Waals surface area contributed by atoms with E-state index in [0.29, 0.717) is 6.61 Å². The molecule has 4 nitrogen and oxygen atoms in total. The van der Waals surface area contributed by atoms with Crippen LogP contribution in [-0.4, -0.2) is 29.7 Å². The number of aromatic amines is 1. The lowest BCUT2D eigenvalue weighted by Crippen LogP contribution is -2.10. The summed E-state index contributed by atoms with van der Waals surface area (Å²) in [5.41, 5.74) is 2.24. The van der Waals surface area contributed by atoms with Crippen LogP contribution in [0.15, 0.2) is 36.5 Å². The summed E-state index contributed by atoms with van der Waals surface area (Å²) in [5, 5.41) is 5.69. The zero-order valence-electron chi connectivity index (χ0n) is 10.9. The Labute approximate surface area is 111 Å². The second-order valence-electron chi connectivity index (χ2n) is 4.38. The van der Waals surface area contributed by atoms with E-state index in [1.807, 2.05) is 31.3 Å². The standard InChI is InChI=1S/C15H17N3O/c1-2-19-10-9-17-15-14-11-5-3-4-6-12(11)18-13(14)7-8-16-15/h3-8,18H,2,9-10H2,1H3,(H,16,17). The average Bonchev–Trinajstić information content (AvgIpc) is 2.83. The van der Waals surface area contributed by atoms with E-state index in [-0.39, 0.29) is 0 Å². The minimum atomic E-state index is 0.691. The van der Waals surface area contributed by atoms with Gasteiger partial charge in [0.05, 0.1) is 12.1 Å². The number of anilines is 1. The van der Waals surface area contributed by atoms with E-state index in [4.69, 9.17) is 4.74 Å². The van der Waals surface area contributed by atoms with Crippen molar-refractivity contribution in [3.8, 4) is 0 Å². The van der Waals surface area contributed by atoms with Gasteiger partial charge in [-0.15, -0.1) is 0 Å². The average molecular weight is 255 g/mol. The van der Waals surface area contributed by atoms with Gasteiger partial charge in [0.25, 0.3) is 0 Å². The van der Waals surface area contributed by atoms with Gasteiger partial charge in [-0.3, -0.25) is 0 Å². The lowest BCUT2D eigenvalue weighted by Gasteiger charge is -2.06. The first-order valence-electron chi connectivity index (χ1n) is 6.57. The zero-order chi connectivity index (χ0) is 13.1. The van der Waals surface area contributed by atoms with Crippen molar-refractivity contribution in [1.29, 1.82) is 0 Å². The van der Waals surface area contributed by atoms with Crippen LogP contribution in [0.2, 0.25) is 0 Å². The molecule has 1 aromatic carbocycles. The molecule has 19 heavy (non-hydrogen) atoms. The van der Waals surface area contributed by atoms with Gasteiger partial charge in [0.15, 0.2) is 0 Å². The van der Waals surface area contributed by atoms with Crippen LogP contribution in [0, 0.1) is 0 Å². The van der Waals surface area contributed by atoms with Gasteiger partial charge in [0.2, 0.25) is 0 Å². The number of rotatable bonds is 5. The van der Waals surface area contributed by atoms with Gasteiger partial charge in [0.1, 0.15) is 5.82 Å². The predicted octanol–water partition coefficient (Wildman–Crippen LogP) is 3.16. The number of ether oxygens (including phenoxy) is 1. The largest absolute Gasteiger partial charge is 0.380 e. The molecule has 3 aromatic rings. The summed E-state index contributed by atoms with van der Waals surface area (Å²) in [5.74, 6) is 0.912. The third-order valence-electron chi connectivity index (χ3n) is 3.16. The van der Waals surface area contributed by atoms with Crippen LogP contribution in [0.3, 0.4) is 0 Å². The number of H-pyrrole nitrogens is 1. The summed E-state index contributed by atoms with van der Waals surface area (Å²) in [6.45, 7) is 4.20. The maximum Gasteiger partial charge on any atom is 0.136 e. The summed E-state index contributed by atoms with van der Waals surface area (Å²) in [6.07, 6.45) is 1.82. The van der Waals surface area contributed by atoms with Gasteiger partial charge in [0, 0.05) is 35.6 Å². The molecule has 0 saturated heterocycles. The highest BCUT2D eigenvalue weighted by Gasteiger charge is 2.08. The number of fused-ring (bicyclic) bond motifs is 3.